The van der Waals surface area contributed by atoms with Crippen LogP contribution in [0.4, 0.5) is 0 Å². The van der Waals surface area contributed by atoms with Crippen molar-refractivity contribution in [2.75, 3.05) is 19.6 Å². The fraction of sp³-hybridized carbons (Fsp3) is 0.297. The molecule has 0 saturated carbocycles. The van der Waals surface area contributed by atoms with Gasteiger partial charge in [0.25, 0.3) is 11.8 Å². The summed E-state index contributed by atoms with van der Waals surface area (Å²) >= 11 is 0. The van der Waals surface area contributed by atoms with Crippen LogP contribution in [0.15, 0.2) is 97.1 Å². The molecule has 0 aromatic heterocycles. The van der Waals surface area contributed by atoms with Crippen molar-refractivity contribution in [1.82, 2.24) is 20.4 Å². The molecule has 220 valence electrons. The molecule has 0 spiro atoms. The summed E-state index contributed by atoms with van der Waals surface area (Å²) in [6.45, 7) is 8.00. The van der Waals surface area contributed by atoms with Crippen LogP contribution in [0, 0.1) is 0 Å². The van der Waals surface area contributed by atoms with Gasteiger partial charge in [0.2, 0.25) is 0 Å². The summed E-state index contributed by atoms with van der Waals surface area (Å²) in [5.41, 5.74) is 9.35. The molecule has 6 rings (SSSR count). The maximum Gasteiger partial charge on any atom is 0.251 e. The molecule has 1 atom stereocenters. The summed E-state index contributed by atoms with van der Waals surface area (Å²) in [4.78, 5) is 30.5. The van der Waals surface area contributed by atoms with Crippen LogP contribution < -0.4 is 10.6 Å². The maximum absolute atomic E-state index is 12.8. The SMILES string of the molecule is CC(CNC(=O)c1ccc(CN2CCc3ccccc3C2)cc1)NC(=O)c1ccc(CN2CCc3ccccc3C2)cc1. The van der Waals surface area contributed by atoms with Crippen LogP contribution in [0.2, 0.25) is 0 Å². The number of rotatable bonds is 9. The molecular formula is C37H40N4O2. The molecule has 0 fully saturated rings. The largest absolute Gasteiger partial charge is 0.350 e. The van der Waals surface area contributed by atoms with Gasteiger partial charge < -0.3 is 10.6 Å². The first-order valence-electron chi connectivity index (χ1n) is 15.4. The molecule has 1 unspecified atom stereocenters. The summed E-state index contributed by atoms with van der Waals surface area (Å²) in [5.74, 6) is -0.269. The van der Waals surface area contributed by atoms with Gasteiger partial charge in [0, 0.05) is 63.0 Å². The van der Waals surface area contributed by atoms with E-state index in [1.807, 2.05) is 55.5 Å². The predicted molar refractivity (Wildman–Crippen MR) is 171 cm³/mol. The molecule has 2 N–H and O–H groups in total. The minimum absolute atomic E-state index is 0.134. The zero-order valence-electron chi connectivity index (χ0n) is 24.9. The lowest BCUT2D eigenvalue weighted by Gasteiger charge is -2.28. The molecule has 4 aromatic carbocycles. The third-order valence-electron chi connectivity index (χ3n) is 8.61. The second-order valence-corrected chi connectivity index (χ2v) is 11.9. The van der Waals surface area contributed by atoms with E-state index in [1.54, 1.807) is 0 Å². The van der Waals surface area contributed by atoms with Crippen LogP contribution in [-0.4, -0.2) is 47.3 Å². The first-order chi connectivity index (χ1) is 21.0. The number of carbonyl (C=O) groups excluding carboxylic acids is 2. The topological polar surface area (TPSA) is 64.7 Å². The van der Waals surface area contributed by atoms with E-state index < -0.39 is 0 Å². The van der Waals surface area contributed by atoms with Crippen molar-refractivity contribution in [2.45, 2.75) is 52.0 Å². The van der Waals surface area contributed by atoms with Crippen LogP contribution in [0.25, 0.3) is 0 Å². The lowest BCUT2D eigenvalue weighted by atomic mass is 9.99. The van der Waals surface area contributed by atoms with E-state index in [-0.39, 0.29) is 17.9 Å². The van der Waals surface area contributed by atoms with Crippen molar-refractivity contribution < 1.29 is 9.59 Å². The monoisotopic (exact) mass is 572 g/mol. The average Bonchev–Trinajstić information content (AvgIpc) is 3.04. The van der Waals surface area contributed by atoms with Gasteiger partial charge >= 0.3 is 0 Å². The van der Waals surface area contributed by atoms with Crippen molar-refractivity contribution in [3.8, 4) is 0 Å². The molecule has 0 aliphatic carbocycles. The predicted octanol–water partition coefficient (Wildman–Crippen LogP) is 5.35. The number of hydrogen-bond acceptors (Lipinski definition) is 4. The van der Waals surface area contributed by atoms with Gasteiger partial charge in [-0.05, 0) is 77.4 Å². The second-order valence-electron chi connectivity index (χ2n) is 11.9. The molecule has 2 aliphatic heterocycles. The van der Waals surface area contributed by atoms with Crippen molar-refractivity contribution in [3.63, 3.8) is 0 Å². The van der Waals surface area contributed by atoms with Crippen LogP contribution >= 0.6 is 0 Å². The third kappa shape index (κ3) is 7.39. The maximum atomic E-state index is 12.8. The minimum Gasteiger partial charge on any atom is -0.350 e. The Morgan fingerprint density at radius 3 is 1.56 bits per heavy atom. The van der Waals surface area contributed by atoms with Gasteiger partial charge in [-0.25, -0.2) is 0 Å². The smallest absolute Gasteiger partial charge is 0.251 e. The van der Waals surface area contributed by atoms with E-state index >= 15 is 0 Å². The average molecular weight is 573 g/mol. The number of fused-ring (bicyclic) bond motifs is 2. The summed E-state index contributed by atoms with van der Waals surface area (Å²) < 4.78 is 0. The van der Waals surface area contributed by atoms with Crippen molar-refractivity contribution in [2.24, 2.45) is 0 Å². The Kier molecular flexibility index (Phi) is 8.96. The van der Waals surface area contributed by atoms with E-state index in [1.165, 1.54) is 33.4 Å². The number of benzene rings is 4. The van der Waals surface area contributed by atoms with Crippen LogP contribution in [0.3, 0.4) is 0 Å². The number of nitrogens with one attached hydrogen (secondary N) is 2. The van der Waals surface area contributed by atoms with Crippen molar-refractivity contribution in [1.29, 1.82) is 0 Å². The molecule has 2 heterocycles. The van der Waals surface area contributed by atoms with E-state index in [0.717, 1.165) is 52.1 Å². The zero-order chi connectivity index (χ0) is 29.6. The Hall–Kier alpha value is -4.26. The first-order valence-corrected chi connectivity index (χ1v) is 15.4. The molecule has 0 radical (unpaired) electrons. The second kappa shape index (κ2) is 13.4. The normalized spacial score (nSPS) is 15.7. The van der Waals surface area contributed by atoms with Gasteiger partial charge in [0.1, 0.15) is 0 Å². The highest BCUT2D eigenvalue weighted by Crippen LogP contribution is 2.22. The minimum atomic E-state index is -0.203. The number of hydrogen-bond donors (Lipinski definition) is 2. The first kappa shape index (κ1) is 28.8. The summed E-state index contributed by atoms with van der Waals surface area (Å²) in [5, 5.41) is 5.97. The van der Waals surface area contributed by atoms with E-state index in [0.29, 0.717) is 17.7 Å². The highest BCUT2D eigenvalue weighted by Gasteiger charge is 2.18. The lowest BCUT2D eigenvalue weighted by Crippen LogP contribution is -2.41. The Morgan fingerprint density at radius 1 is 0.628 bits per heavy atom. The quantitative estimate of drug-likeness (QED) is 0.284. The molecule has 43 heavy (non-hydrogen) atoms. The van der Waals surface area contributed by atoms with E-state index in [4.69, 9.17) is 0 Å². The van der Waals surface area contributed by atoms with Crippen LogP contribution in [-0.2, 0) is 39.0 Å². The molecule has 6 nitrogen and oxygen atoms in total. The Balaban J connectivity index is 0.932. The van der Waals surface area contributed by atoms with E-state index in [9.17, 15) is 9.59 Å². The third-order valence-corrected chi connectivity index (χ3v) is 8.61. The summed E-state index contributed by atoms with van der Waals surface area (Å²) in [6, 6.07) is 32.8. The fourth-order valence-corrected chi connectivity index (χ4v) is 6.12. The zero-order valence-corrected chi connectivity index (χ0v) is 24.9. The van der Waals surface area contributed by atoms with Gasteiger partial charge in [0.05, 0.1) is 0 Å². The highest BCUT2D eigenvalue weighted by molar-refractivity contribution is 5.95. The molecule has 2 amide bonds. The fourth-order valence-electron chi connectivity index (χ4n) is 6.12. The Bertz CT molecular complexity index is 1560. The highest BCUT2D eigenvalue weighted by atomic mass is 16.2. The molecule has 0 bridgehead atoms. The van der Waals surface area contributed by atoms with Crippen LogP contribution in [0.5, 0.6) is 0 Å². The number of nitrogens with zero attached hydrogens (tertiary/aromatic N) is 2. The van der Waals surface area contributed by atoms with Crippen LogP contribution in [0.1, 0.15) is 61.0 Å². The van der Waals surface area contributed by atoms with Crippen molar-refractivity contribution >= 4 is 11.8 Å². The number of carbonyl (C=O) groups is 2. The van der Waals surface area contributed by atoms with Gasteiger partial charge in [-0.15, -0.1) is 0 Å². The molecule has 4 aromatic rings. The molecular weight excluding hydrogens is 532 g/mol. The lowest BCUT2D eigenvalue weighted by molar-refractivity contribution is 0.0912. The number of amides is 2. The summed E-state index contributed by atoms with van der Waals surface area (Å²) in [7, 11) is 0. The summed E-state index contributed by atoms with van der Waals surface area (Å²) in [6.07, 6.45) is 2.15. The van der Waals surface area contributed by atoms with E-state index in [2.05, 4.69) is 69.0 Å². The molecule has 0 saturated heterocycles. The van der Waals surface area contributed by atoms with Gasteiger partial charge in [-0.1, -0.05) is 72.8 Å². The Labute approximate surface area is 254 Å². The van der Waals surface area contributed by atoms with Gasteiger partial charge in [-0.3, -0.25) is 19.4 Å². The van der Waals surface area contributed by atoms with Gasteiger partial charge in [-0.2, -0.15) is 0 Å². The standard InChI is InChI=1S/C37H40N4O2/c1-27(39-37(43)33-16-12-29(13-17-33)24-41-21-19-31-7-3-5-9-35(31)26-41)22-38-36(42)32-14-10-28(11-15-32)23-40-20-18-30-6-2-4-8-34(30)25-40/h2-17,27H,18-26H2,1H3,(H,38,42)(H,39,43). The Morgan fingerprint density at radius 2 is 1.07 bits per heavy atom. The van der Waals surface area contributed by atoms with Gasteiger partial charge in [0.15, 0.2) is 0 Å². The molecule has 2 aliphatic rings. The van der Waals surface area contributed by atoms with Crippen molar-refractivity contribution in [3.05, 3.63) is 142 Å². The molecule has 6 heteroatoms.